The van der Waals surface area contributed by atoms with E-state index >= 15 is 0 Å². The molecule has 0 aromatic heterocycles. The first-order chi connectivity index (χ1) is 13.5. The van der Waals surface area contributed by atoms with E-state index in [0.717, 1.165) is 12.1 Å². The van der Waals surface area contributed by atoms with Gasteiger partial charge in [0, 0.05) is 18.7 Å². The largest absolute Gasteiger partial charge is 0.481 e. The molecule has 158 valence electrons. The van der Waals surface area contributed by atoms with Crippen LogP contribution in [-0.2, 0) is 15.7 Å². The molecule has 3 unspecified atom stereocenters. The Morgan fingerprint density at radius 3 is 2.55 bits per heavy atom. The van der Waals surface area contributed by atoms with Crippen LogP contribution in [0.2, 0.25) is 0 Å². The fourth-order valence-corrected chi connectivity index (χ4v) is 3.86. The molecule has 3 atom stereocenters. The van der Waals surface area contributed by atoms with Gasteiger partial charge >= 0.3 is 12.1 Å². The average Bonchev–Trinajstić information content (AvgIpc) is 2.63. The Morgan fingerprint density at radius 2 is 2.07 bits per heavy atom. The van der Waals surface area contributed by atoms with Crippen molar-refractivity contribution in [2.24, 2.45) is 5.41 Å². The maximum Gasteiger partial charge on any atom is 0.416 e. The van der Waals surface area contributed by atoms with E-state index in [1.807, 2.05) is 13.0 Å². The molecule has 1 aromatic carbocycles. The van der Waals surface area contributed by atoms with Gasteiger partial charge in [-0.1, -0.05) is 19.4 Å². The van der Waals surface area contributed by atoms with Gasteiger partial charge in [-0.25, -0.2) is 4.39 Å². The Morgan fingerprint density at radius 1 is 1.41 bits per heavy atom. The number of nitriles is 1. The normalized spacial score (nSPS) is 24.8. The lowest BCUT2D eigenvalue weighted by Crippen LogP contribution is -2.57. The Balaban J connectivity index is 2.90. The van der Waals surface area contributed by atoms with E-state index in [2.05, 4.69) is 5.32 Å². The van der Waals surface area contributed by atoms with Crippen LogP contribution in [0.5, 0.6) is 0 Å². The molecule has 0 aliphatic carbocycles. The highest BCUT2D eigenvalue weighted by molar-refractivity contribution is 5.79. The lowest BCUT2D eigenvalue weighted by Gasteiger charge is -2.46. The predicted molar refractivity (Wildman–Crippen MR) is 96.2 cm³/mol. The number of halogens is 4. The van der Waals surface area contributed by atoms with Crippen LogP contribution < -0.4 is 5.32 Å². The van der Waals surface area contributed by atoms with E-state index in [4.69, 9.17) is 4.74 Å². The number of carboxylic acids is 1. The number of nitrogens with one attached hydrogen (secondary N) is 1. The van der Waals surface area contributed by atoms with E-state index < -0.39 is 46.5 Å². The number of aliphatic carboxylic acids is 1. The Bertz CT molecular complexity index is 860. The van der Waals surface area contributed by atoms with Gasteiger partial charge in [-0.15, -0.1) is 0 Å². The van der Waals surface area contributed by atoms with Crippen LogP contribution in [0.15, 0.2) is 29.5 Å². The summed E-state index contributed by atoms with van der Waals surface area (Å²) in [4.78, 5) is 12.3. The number of ether oxygens (including phenoxy) is 1. The number of benzene rings is 1. The number of allylic oxidation sites excluding steroid dienone is 2. The summed E-state index contributed by atoms with van der Waals surface area (Å²) in [5, 5.41) is 22.8. The number of rotatable bonds is 6. The molecule has 29 heavy (non-hydrogen) atoms. The molecule has 0 saturated carbocycles. The van der Waals surface area contributed by atoms with Crippen molar-refractivity contribution in [1.82, 2.24) is 5.32 Å². The number of hydrogen-bond acceptors (Lipinski definition) is 4. The maximum absolute atomic E-state index is 13.7. The maximum atomic E-state index is 13.7. The molecule has 2 N–H and O–H groups in total. The molecule has 0 radical (unpaired) electrons. The lowest BCUT2D eigenvalue weighted by molar-refractivity contribution is -0.153. The first kappa shape index (κ1) is 22.7. The fraction of sp³-hybridized carbons (Fsp3) is 0.500. The van der Waals surface area contributed by atoms with Gasteiger partial charge in [0.25, 0.3) is 0 Å². The summed E-state index contributed by atoms with van der Waals surface area (Å²) < 4.78 is 59.9. The molecule has 1 aliphatic rings. The summed E-state index contributed by atoms with van der Waals surface area (Å²) in [6.07, 6.45) is -4.00. The molecule has 1 aromatic rings. The average molecular weight is 414 g/mol. The number of nitrogens with zero attached hydrogens (tertiary/aromatic N) is 1. The minimum Gasteiger partial charge on any atom is -0.481 e. The standard InChI is InChI=1S/C20H22F4N2O3/c1-4-5-15-13(9-25)17(19(2,18(27)28)16(26-15)10-29-3)12-7-6-11(21)8-14(12)20(22,23)24/h6-8,16-17,26H,4-5,10H2,1-3H3,(H,27,28). The highest BCUT2D eigenvalue weighted by Crippen LogP contribution is 2.51. The monoisotopic (exact) mass is 414 g/mol. The van der Waals surface area contributed by atoms with Gasteiger partial charge in [-0.05, 0) is 31.0 Å². The van der Waals surface area contributed by atoms with Gasteiger partial charge in [0.15, 0.2) is 0 Å². The molecule has 9 heteroatoms. The molecule has 1 heterocycles. The van der Waals surface area contributed by atoms with Gasteiger partial charge < -0.3 is 15.2 Å². The molecular formula is C20H22F4N2O3. The van der Waals surface area contributed by atoms with Crippen molar-refractivity contribution in [1.29, 1.82) is 5.26 Å². The molecule has 0 bridgehead atoms. The van der Waals surface area contributed by atoms with Crippen molar-refractivity contribution >= 4 is 5.97 Å². The van der Waals surface area contributed by atoms with E-state index in [0.29, 0.717) is 24.6 Å². The summed E-state index contributed by atoms with van der Waals surface area (Å²) in [5.41, 5.74) is -3.32. The Kier molecular flexibility index (Phi) is 6.58. The van der Waals surface area contributed by atoms with Crippen LogP contribution in [0, 0.1) is 22.6 Å². The first-order valence-electron chi connectivity index (χ1n) is 9.00. The van der Waals surface area contributed by atoms with E-state index in [9.17, 15) is 32.7 Å². The van der Waals surface area contributed by atoms with Crippen molar-refractivity contribution in [3.8, 4) is 6.07 Å². The van der Waals surface area contributed by atoms with Crippen molar-refractivity contribution < 1.29 is 32.2 Å². The molecule has 0 amide bonds. The number of hydrogen-bond donors (Lipinski definition) is 2. The Hall–Kier alpha value is -2.60. The third kappa shape index (κ3) is 4.08. The van der Waals surface area contributed by atoms with Crippen molar-refractivity contribution in [3.63, 3.8) is 0 Å². The second kappa shape index (κ2) is 8.41. The third-order valence-corrected chi connectivity index (χ3v) is 5.33. The van der Waals surface area contributed by atoms with E-state index in [-0.39, 0.29) is 12.2 Å². The summed E-state index contributed by atoms with van der Waals surface area (Å²) in [6.45, 7) is 3.00. The second-order valence-electron chi connectivity index (χ2n) is 7.16. The molecule has 2 rings (SSSR count). The van der Waals surface area contributed by atoms with Crippen LogP contribution in [-0.4, -0.2) is 30.8 Å². The van der Waals surface area contributed by atoms with Gasteiger partial charge in [0.2, 0.25) is 0 Å². The SMILES string of the molecule is CCCC1=C(C#N)C(c2ccc(F)cc2C(F)(F)F)C(C)(C(=O)O)C(COC)N1. The molecule has 5 nitrogen and oxygen atoms in total. The van der Waals surface area contributed by atoms with Crippen LogP contribution in [0.3, 0.4) is 0 Å². The molecule has 0 spiro atoms. The fourth-order valence-electron chi connectivity index (χ4n) is 3.86. The highest BCUT2D eigenvalue weighted by Gasteiger charge is 2.55. The zero-order chi connectivity index (χ0) is 22.0. The van der Waals surface area contributed by atoms with Crippen LogP contribution in [0.4, 0.5) is 17.6 Å². The lowest BCUT2D eigenvalue weighted by atomic mass is 9.62. The van der Waals surface area contributed by atoms with Gasteiger partial charge in [-0.2, -0.15) is 18.4 Å². The molecule has 1 aliphatic heterocycles. The zero-order valence-corrected chi connectivity index (χ0v) is 16.2. The zero-order valence-electron chi connectivity index (χ0n) is 16.2. The van der Waals surface area contributed by atoms with Gasteiger partial charge in [0.05, 0.1) is 35.3 Å². The first-order valence-corrected chi connectivity index (χ1v) is 9.00. The number of carbonyl (C=O) groups is 1. The van der Waals surface area contributed by atoms with Crippen molar-refractivity contribution in [2.75, 3.05) is 13.7 Å². The number of alkyl halides is 3. The quantitative estimate of drug-likeness (QED) is 0.682. The summed E-state index contributed by atoms with van der Waals surface area (Å²) in [5.74, 6) is -3.93. The Labute approximate surface area is 166 Å². The predicted octanol–water partition coefficient (Wildman–Crippen LogP) is 4.21. The number of methoxy groups -OCH3 is 1. The highest BCUT2D eigenvalue weighted by atomic mass is 19.4. The molecular weight excluding hydrogens is 392 g/mol. The summed E-state index contributed by atoms with van der Waals surface area (Å²) >= 11 is 0. The molecule has 0 saturated heterocycles. The van der Waals surface area contributed by atoms with Crippen LogP contribution in [0.1, 0.15) is 43.7 Å². The van der Waals surface area contributed by atoms with Crippen molar-refractivity contribution in [2.45, 2.75) is 44.8 Å². The molecule has 0 fully saturated rings. The third-order valence-electron chi connectivity index (χ3n) is 5.33. The van der Waals surface area contributed by atoms with Crippen molar-refractivity contribution in [3.05, 3.63) is 46.4 Å². The smallest absolute Gasteiger partial charge is 0.416 e. The second-order valence-corrected chi connectivity index (χ2v) is 7.16. The van der Waals surface area contributed by atoms with E-state index in [1.54, 1.807) is 0 Å². The minimum absolute atomic E-state index is 0.0961. The van der Waals surface area contributed by atoms with E-state index in [1.165, 1.54) is 14.0 Å². The van der Waals surface area contributed by atoms with Crippen LogP contribution >= 0.6 is 0 Å². The number of carboxylic acid groups (broad SMARTS) is 1. The van der Waals surface area contributed by atoms with Gasteiger partial charge in [-0.3, -0.25) is 4.79 Å². The minimum atomic E-state index is -4.93. The topological polar surface area (TPSA) is 82.4 Å². The summed E-state index contributed by atoms with van der Waals surface area (Å²) in [6, 6.07) is 3.09. The summed E-state index contributed by atoms with van der Waals surface area (Å²) in [7, 11) is 1.35. The van der Waals surface area contributed by atoms with Gasteiger partial charge in [0.1, 0.15) is 5.82 Å². The van der Waals surface area contributed by atoms with Crippen LogP contribution in [0.25, 0.3) is 0 Å².